The molecule has 0 saturated heterocycles. The van der Waals surface area contributed by atoms with E-state index < -0.39 is 0 Å². The molecule has 18 heavy (non-hydrogen) atoms. The van der Waals surface area contributed by atoms with Crippen molar-refractivity contribution in [1.29, 1.82) is 0 Å². The lowest BCUT2D eigenvalue weighted by Crippen LogP contribution is -2.32. The molecular weight excluding hydrogens is 222 g/mol. The van der Waals surface area contributed by atoms with E-state index >= 15 is 0 Å². The highest BCUT2D eigenvalue weighted by atomic mass is 16.1. The summed E-state index contributed by atoms with van der Waals surface area (Å²) in [5.74, 6) is 0.236. The fourth-order valence-electron chi connectivity index (χ4n) is 2.98. The molecule has 0 radical (unpaired) electrons. The van der Waals surface area contributed by atoms with E-state index in [1.165, 1.54) is 10.9 Å². The molecule has 0 aliphatic heterocycles. The van der Waals surface area contributed by atoms with E-state index in [1.807, 2.05) is 31.2 Å². The molecular formula is C16H17NO. The summed E-state index contributed by atoms with van der Waals surface area (Å²) in [5, 5.41) is 1.20. The second-order valence-corrected chi connectivity index (χ2v) is 5.41. The first-order valence-corrected chi connectivity index (χ1v) is 6.41. The van der Waals surface area contributed by atoms with Gasteiger partial charge in [0.25, 0.3) is 0 Å². The van der Waals surface area contributed by atoms with E-state index in [0.717, 1.165) is 30.5 Å². The second-order valence-electron chi connectivity index (χ2n) is 5.41. The van der Waals surface area contributed by atoms with E-state index in [-0.39, 0.29) is 11.2 Å². The van der Waals surface area contributed by atoms with Gasteiger partial charge in [-0.25, -0.2) is 0 Å². The lowest BCUT2D eigenvalue weighted by atomic mass is 9.72. The van der Waals surface area contributed by atoms with Crippen LogP contribution >= 0.6 is 0 Å². The van der Waals surface area contributed by atoms with Gasteiger partial charge in [0.2, 0.25) is 0 Å². The van der Waals surface area contributed by atoms with Gasteiger partial charge >= 0.3 is 0 Å². The van der Waals surface area contributed by atoms with Gasteiger partial charge in [-0.15, -0.1) is 6.58 Å². The van der Waals surface area contributed by atoms with Crippen molar-refractivity contribution in [3.63, 3.8) is 0 Å². The fraction of sp³-hybridized carbons (Fsp3) is 0.312. The zero-order chi connectivity index (χ0) is 12.8. The van der Waals surface area contributed by atoms with Gasteiger partial charge in [0.1, 0.15) is 0 Å². The van der Waals surface area contributed by atoms with Crippen LogP contribution in [-0.4, -0.2) is 10.8 Å². The van der Waals surface area contributed by atoms with E-state index in [2.05, 4.69) is 17.6 Å². The monoisotopic (exact) mass is 239 g/mol. The average molecular weight is 239 g/mol. The lowest BCUT2D eigenvalue weighted by molar-refractivity contribution is 0.0784. The van der Waals surface area contributed by atoms with Crippen molar-refractivity contribution in [2.45, 2.75) is 26.2 Å². The largest absolute Gasteiger partial charge is 0.352 e. The number of aryl methyl sites for hydroxylation is 1. The van der Waals surface area contributed by atoms with Crippen LogP contribution in [0, 0.1) is 5.41 Å². The van der Waals surface area contributed by atoms with Crippen LogP contribution in [0.4, 0.5) is 0 Å². The number of ketones is 1. The summed E-state index contributed by atoms with van der Waals surface area (Å²) in [6, 6.07) is 8.15. The van der Waals surface area contributed by atoms with Crippen LogP contribution in [0.2, 0.25) is 0 Å². The minimum atomic E-state index is -0.282. The molecule has 1 aliphatic rings. The first kappa shape index (κ1) is 11.3. The first-order valence-electron chi connectivity index (χ1n) is 6.41. The molecule has 0 amide bonds. The molecule has 92 valence electrons. The Morgan fingerprint density at radius 1 is 1.44 bits per heavy atom. The predicted octanol–water partition coefficient (Wildman–Crippen LogP) is 3.88. The van der Waals surface area contributed by atoms with Crippen LogP contribution in [0.15, 0.2) is 36.9 Å². The van der Waals surface area contributed by atoms with Crippen molar-refractivity contribution in [1.82, 2.24) is 4.98 Å². The number of aromatic nitrogens is 1. The smallest absolute Gasteiger partial charge is 0.185 e. The maximum atomic E-state index is 12.6. The molecule has 0 spiro atoms. The summed E-state index contributed by atoms with van der Waals surface area (Å²) in [6.07, 6.45) is 4.48. The lowest BCUT2D eigenvalue weighted by Gasteiger charge is -2.30. The van der Waals surface area contributed by atoms with Crippen LogP contribution < -0.4 is 0 Å². The zero-order valence-electron chi connectivity index (χ0n) is 10.6. The minimum absolute atomic E-state index is 0.236. The van der Waals surface area contributed by atoms with Crippen molar-refractivity contribution in [2.75, 3.05) is 0 Å². The first-order chi connectivity index (χ1) is 8.65. The third-order valence-electron chi connectivity index (χ3n) is 4.11. The molecule has 3 rings (SSSR count). The molecule has 1 heterocycles. The number of fused-ring (bicyclic) bond motifs is 3. The minimum Gasteiger partial charge on any atom is -0.352 e. The Kier molecular flexibility index (Phi) is 2.40. The third-order valence-corrected chi connectivity index (χ3v) is 4.11. The summed E-state index contributed by atoms with van der Waals surface area (Å²) in [5.41, 5.74) is 2.79. The maximum Gasteiger partial charge on any atom is 0.185 e. The Balaban J connectivity index is 2.17. The van der Waals surface area contributed by atoms with Gasteiger partial charge in [-0.2, -0.15) is 0 Å². The zero-order valence-corrected chi connectivity index (χ0v) is 10.6. The third kappa shape index (κ3) is 1.45. The van der Waals surface area contributed by atoms with Crippen molar-refractivity contribution in [3.05, 3.63) is 48.2 Å². The Bertz CT molecular complexity index is 638. The van der Waals surface area contributed by atoms with E-state index in [4.69, 9.17) is 0 Å². The van der Waals surface area contributed by atoms with Crippen molar-refractivity contribution in [2.24, 2.45) is 5.41 Å². The number of Topliss-reactive ketones (excluding diaryl/α,β-unsaturated/α-hetero) is 1. The highest BCUT2D eigenvalue weighted by Crippen LogP contribution is 2.40. The molecule has 2 heteroatoms. The molecule has 1 aromatic carbocycles. The molecule has 1 atom stereocenters. The highest BCUT2D eigenvalue weighted by molar-refractivity contribution is 6.06. The quantitative estimate of drug-likeness (QED) is 0.793. The Hall–Kier alpha value is -1.83. The molecule has 0 saturated carbocycles. The van der Waals surface area contributed by atoms with Gasteiger partial charge < -0.3 is 4.98 Å². The van der Waals surface area contributed by atoms with Gasteiger partial charge in [0.15, 0.2) is 5.78 Å². The number of allylic oxidation sites excluding steroid dienone is 1. The number of benzene rings is 1. The number of rotatable bonds is 2. The number of aromatic amines is 1. The Labute approximate surface area is 107 Å². The number of carbonyl (C=O) groups is 1. The van der Waals surface area contributed by atoms with E-state index in [0.29, 0.717) is 0 Å². The number of H-pyrrole nitrogens is 1. The molecule has 1 aliphatic carbocycles. The molecule has 2 aromatic rings. The number of hydrogen-bond donors (Lipinski definition) is 1. The number of nitrogens with one attached hydrogen (secondary N) is 1. The Morgan fingerprint density at radius 3 is 3.00 bits per heavy atom. The fourth-order valence-corrected chi connectivity index (χ4v) is 2.98. The van der Waals surface area contributed by atoms with Crippen molar-refractivity contribution in [3.8, 4) is 0 Å². The van der Waals surface area contributed by atoms with Crippen molar-refractivity contribution < 1.29 is 4.79 Å². The van der Waals surface area contributed by atoms with Gasteiger partial charge in [-0.05, 0) is 30.9 Å². The van der Waals surface area contributed by atoms with Crippen LogP contribution in [0.1, 0.15) is 35.8 Å². The normalized spacial score (nSPS) is 23.1. The van der Waals surface area contributed by atoms with Gasteiger partial charge in [-0.1, -0.05) is 31.2 Å². The van der Waals surface area contributed by atoms with E-state index in [9.17, 15) is 4.79 Å². The van der Waals surface area contributed by atoms with Gasteiger partial charge in [-0.3, -0.25) is 4.79 Å². The van der Waals surface area contributed by atoms with Crippen LogP contribution in [-0.2, 0) is 6.42 Å². The number of para-hydroxylation sites is 1. The average Bonchev–Trinajstić information content (AvgIpc) is 2.74. The van der Waals surface area contributed by atoms with Crippen LogP contribution in [0.5, 0.6) is 0 Å². The standard InChI is InChI=1S/C16H17NO/c1-3-9-16(2)10-8-12-11-6-4-5-7-13(11)17-14(12)15(16)18/h3-7,17H,1,8-10H2,2H3/t16-/m1/s1. The number of carbonyl (C=O) groups excluding carboxylic acids is 1. The van der Waals surface area contributed by atoms with Crippen LogP contribution in [0.3, 0.4) is 0 Å². The SMILES string of the molecule is C=CC[C@]1(C)CCc2c([nH]c3ccccc23)C1=O. The summed E-state index contributed by atoms with van der Waals surface area (Å²) in [7, 11) is 0. The van der Waals surface area contributed by atoms with E-state index in [1.54, 1.807) is 0 Å². The molecule has 0 bridgehead atoms. The molecule has 1 N–H and O–H groups in total. The summed E-state index contributed by atoms with van der Waals surface area (Å²) < 4.78 is 0. The van der Waals surface area contributed by atoms with Gasteiger partial charge in [0, 0.05) is 16.3 Å². The predicted molar refractivity (Wildman–Crippen MR) is 73.9 cm³/mol. The molecule has 1 aromatic heterocycles. The number of hydrogen-bond acceptors (Lipinski definition) is 1. The van der Waals surface area contributed by atoms with Crippen molar-refractivity contribution >= 4 is 16.7 Å². The molecule has 2 nitrogen and oxygen atoms in total. The second kappa shape index (κ2) is 3.84. The van der Waals surface area contributed by atoms with Crippen LogP contribution in [0.25, 0.3) is 10.9 Å². The summed E-state index contributed by atoms with van der Waals surface area (Å²) in [6.45, 7) is 5.82. The molecule has 0 unspecified atom stereocenters. The maximum absolute atomic E-state index is 12.6. The topological polar surface area (TPSA) is 32.9 Å². The Morgan fingerprint density at radius 2 is 2.22 bits per heavy atom. The summed E-state index contributed by atoms with van der Waals surface area (Å²) in [4.78, 5) is 15.9. The van der Waals surface area contributed by atoms with Gasteiger partial charge in [0.05, 0.1) is 5.69 Å². The molecule has 0 fully saturated rings. The summed E-state index contributed by atoms with van der Waals surface area (Å²) >= 11 is 0. The highest BCUT2D eigenvalue weighted by Gasteiger charge is 2.39.